The van der Waals surface area contributed by atoms with Crippen molar-refractivity contribution in [3.05, 3.63) is 47.4 Å². The Morgan fingerprint density at radius 3 is 3.00 bits per heavy atom. The zero-order chi connectivity index (χ0) is 19.5. The first-order valence-electron chi connectivity index (χ1n) is 9.13. The molecular weight excluding hydrogens is 378 g/mol. The summed E-state index contributed by atoms with van der Waals surface area (Å²) in [6.07, 6.45) is 0.103. The second kappa shape index (κ2) is 8.07. The Morgan fingerprint density at radius 1 is 1.32 bits per heavy atom. The number of rotatable bonds is 6. The molecule has 0 saturated carbocycles. The average Bonchev–Trinajstić information content (AvgIpc) is 3.31. The van der Waals surface area contributed by atoms with Gasteiger partial charge in [0.25, 0.3) is 0 Å². The molecule has 4 rings (SSSR count). The van der Waals surface area contributed by atoms with Crippen LogP contribution in [0.1, 0.15) is 23.5 Å². The lowest BCUT2D eigenvalue weighted by Gasteiger charge is -2.34. The van der Waals surface area contributed by atoms with E-state index >= 15 is 0 Å². The van der Waals surface area contributed by atoms with Crippen LogP contribution in [-0.4, -0.2) is 44.6 Å². The Morgan fingerprint density at radius 2 is 2.18 bits per heavy atom. The summed E-state index contributed by atoms with van der Waals surface area (Å²) in [7, 11) is 0. The largest absolute Gasteiger partial charge is 0.465 e. The molecule has 0 radical (unpaired) electrons. The second-order valence-electron chi connectivity index (χ2n) is 6.86. The molecule has 2 amide bonds. The van der Waals surface area contributed by atoms with Gasteiger partial charge in [-0.05, 0) is 36.8 Å². The van der Waals surface area contributed by atoms with E-state index in [0.29, 0.717) is 26.2 Å². The van der Waals surface area contributed by atoms with E-state index in [1.165, 1.54) is 11.7 Å². The van der Waals surface area contributed by atoms with Crippen molar-refractivity contribution in [2.45, 2.75) is 32.5 Å². The molecule has 1 atom stereocenters. The standard InChI is InChI=1S/C19H21N5O3S/c1-12-2-4-14(27-12)11-24-7-6-20-19(26)17(24)9-18(25)21-10-13-3-5-15-16(8-13)23-28-22-15/h2-5,8,17H,6-7,9-11H2,1H3,(H,20,26)(H,21,25). The highest BCUT2D eigenvalue weighted by Gasteiger charge is 2.32. The third-order valence-electron chi connectivity index (χ3n) is 4.78. The summed E-state index contributed by atoms with van der Waals surface area (Å²) < 4.78 is 14.0. The maximum Gasteiger partial charge on any atom is 0.237 e. The fraction of sp³-hybridized carbons (Fsp3) is 0.368. The predicted octanol–water partition coefficient (Wildman–Crippen LogP) is 1.60. The number of benzene rings is 1. The highest BCUT2D eigenvalue weighted by atomic mass is 32.1. The first kappa shape index (κ1) is 18.6. The summed E-state index contributed by atoms with van der Waals surface area (Å²) >= 11 is 1.17. The zero-order valence-corrected chi connectivity index (χ0v) is 16.3. The minimum Gasteiger partial charge on any atom is -0.465 e. The van der Waals surface area contributed by atoms with Gasteiger partial charge in [-0.25, -0.2) is 0 Å². The van der Waals surface area contributed by atoms with Crippen LogP contribution < -0.4 is 10.6 Å². The number of nitrogens with one attached hydrogen (secondary N) is 2. The van der Waals surface area contributed by atoms with E-state index in [4.69, 9.17) is 4.42 Å². The lowest BCUT2D eigenvalue weighted by Crippen LogP contribution is -2.56. The van der Waals surface area contributed by atoms with E-state index in [2.05, 4.69) is 19.4 Å². The molecule has 3 aromatic rings. The Hall–Kier alpha value is -2.78. The van der Waals surface area contributed by atoms with Crippen LogP contribution in [-0.2, 0) is 22.7 Å². The number of furan rings is 1. The van der Waals surface area contributed by atoms with Crippen LogP contribution in [0.25, 0.3) is 11.0 Å². The quantitative estimate of drug-likeness (QED) is 0.653. The van der Waals surface area contributed by atoms with Crippen molar-refractivity contribution in [2.75, 3.05) is 13.1 Å². The van der Waals surface area contributed by atoms with E-state index < -0.39 is 6.04 Å². The molecule has 3 heterocycles. The van der Waals surface area contributed by atoms with Crippen LogP contribution >= 0.6 is 11.7 Å². The van der Waals surface area contributed by atoms with Crippen molar-refractivity contribution in [3.63, 3.8) is 0 Å². The molecule has 0 spiro atoms. The van der Waals surface area contributed by atoms with Gasteiger partial charge in [-0.15, -0.1) is 0 Å². The third kappa shape index (κ3) is 4.20. The number of hydrogen-bond acceptors (Lipinski definition) is 7. The molecule has 1 aromatic carbocycles. The Kier molecular flexibility index (Phi) is 5.36. The monoisotopic (exact) mass is 399 g/mol. The van der Waals surface area contributed by atoms with Gasteiger partial charge in [0.15, 0.2) is 0 Å². The molecule has 1 aliphatic rings. The topological polar surface area (TPSA) is 100 Å². The SMILES string of the molecule is Cc1ccc(CN2CCNC(=O)C2CC(=O)NCc2ccc3nsnc3c2)o1. The van der Waals surface area contributed by atoms with Crippen molar-refractivity contribution >= 4 is 34.6 Å². The molecule has 0 bridgehead atoms. The van der Waals surface area contributed by atoms with Gasteiger partial charge < -0.3 is 15.1 Å². The van der Waals surface area contributed by atoms with Gasteiger partial charge in [-0.2, -0.15) is 8.75 Å². The van der Waals surface area contributed by atoms with Gasteiger partial charge in [0.05, 0.1) is 30.7 Å². The fourth-order valence-electron chi connectivity index (χ4n) is 3.33. The summed E-state index contributed by atoms with van der Waals surface area (Å²) in [4.78, 5) is 26.8. The smallest absolute Gasteiger partial charge is 0.237 e. The second-order valence-corrected chi connectivity index (χ2v) is 7.39. The van der Waals surface area contributed by atoms with Crippen LogP contribution in [0.3, 0.4) is 0 Å². The number of piperazine rings is 1. The zero-order valence-electron chi connectivity index (χ0n) is 15.5. The van der Waals surface area contributed by atoms with Crippen molar-refractivity contribution in [1.29, 1.82) is 0 Å². The number of nitrogens with zero attached hydrogens (tertiary/aromatic N) is 3. The molecule has 9 heteroatoms. The number of hydrogen-bond donors (Lipinski definition) is 2. The van der Waals surface area contributed by atoms with E-state index in [1.54, 1.807) is 0 Å². The summed E-state index contributed by atoms with van der Waals surface area (Å²) in [6, 6.07) is 9.02. The summed E-state index contributed by atoms with van der Waals surface area (Å²) in [5.74, 6) is 1.33. The fourth-order valence-corrected chi connectivity index (χ4v) is 3.85. The maximum absolute atomic E-state index is 12.5. The molecule has 1 fully saturated rings. The molecule has 2 aromatic heterocycles. The Balaban J connectivity index is 1.36. The summed E-state index contributed by atoms with van der Waals surface area (Å²) in [5.41, 5.74) is 2.62. The summed E-state index contributed by atoms with van der Waals surface area (Å²) in [6.45, 7) is 4.02. The molecular formula is C19H21N5O3S. The predicted molar refractivity (Wildman–Crippen MR) is 105 cm³/mol. The first-order chi connectivity index (χ1) is 13.6. The van der Waals surface area contributed by atoms with Crippen LogP contribution in [0.5, 0.6) is 0 Å². The van der Waals surface area contributed by atoms with E-state index in [0.717, 1.165) is 28.1 Å². The Bertz CT molecular complexity index is 998. The minimum atomic E-state index is -0.510. The number of aryl methyl sites for hydroxylation is 1. The van der Waals surface area contributed by atoms with Gasteiger partial charge >= 0.3 is 0 Å². The normalized spacial score (nSPS) is 17.6. The number of carbonyl (C=O) groups excluding carboxylic acids is 2. The van der Waals surface area contributed by atoms with Crippen LogP contribution in [0, 0.1) is 6.92 Å². The van der Waals surface area contributed by atoms with Gasteiger partial charge in [-0.3, -0.25) is 14.5 Å². The Labute approximate surface area is 166 Å². The van der Waals surface area contributed by atoms with Crippen molar-refractivity contribution in [3.8, 4) is 0 Å². The van der Waals surface area contributed by atoms with Crippen LogP contribution in [0.2, 0.25) is 0 Å². The van der Waals surface area contributed by atoms with Crippen molar-refractivity contribution in [2.24, 2.45) is 0 Å². The van der Waals surface area contributed by atoms with Gasteiger partial charge in [0.2, 0.25) is 11.8 Å². The number of aromatic nitrogens is 2. The molecule has 1 saturated heterocycles. The molecule has 0 aliphatic carbocycles. The van der Waals surface area contributed by atoms with Crippen LogP contribution in [0.4, 0.5) is 0 Å². The lowest BCUT2D eigenvalue weighted by atomic mass is 10.1. The highest BCUT2D eigenvalue weighted by Crippen LogP contribution is 2.16. The van der Waals surface area contributed by atoms with Crippen molar-refractivity contribution < 1.29 is 14.0 Å². The van der Waals surface area contributed by atoms with Crippen molar-refractivity contribution in [1.82, 2.24) is 24.3 Å². The molecule has 28 heavy (non-hydrogen) atoms. The van der Waals surface area contributed by atoms with E-state index in [-0.39, 0.29) is 18.2 Å². The molecule has 1 unspecified atom stereocenters. The van der Waals surface area contributed by atoms with Gasteiger partial charge in [0.1, 0.15) is 22.6 Å². The van der Waals surface area contributed by atoms with Gasteiger partial charge in [0, 0.05) is 19.6 Å². The lowest BCUT2D eigenvalue weighted by molar-refractivity contribution is -0.134. The molecule has 146 valence electrons. The van der Waals surface area contributed by atoms with Crippen LogP contribution in [0.15, 0.2) is 34.7 Å². The molecule has 2 N–H and O–H groups in total. The van der Waals surface area contributed by atoms with E-state index in [1.807, 2.05) is 42.2 Å². The van der Waals surface area contributed by atoms with E-state index in [9.17, 15) is 9.59 Å². The average molecular weight is 399 g/mol. The first-order valence-corrected chi connectivity index (χ1v) is 9.86. The minimum absolute atomic E-state index is 0.103. The molecule has 8 nitrogen and oxygen atoms in total. The van der Waals surface area contributed by atoms with Gasteiger partial charge in [-0.1, -0.05) is 6.07 Å². The maximum atomic E-state index is 12.5. The summed E-state index contributed by atoms with van der Waals surface area (Å²) in [5, 5.41) is 5.74. The highest BCUT2D eigenvalue weighted by molar-refractivity contribution is 7.00. The number of amides is 2. The molecule has 1 aliphatic heterocycles. The number of carbonyl (C=O) groups is 2. The third-order valence-corrected chi connectivity index (χ3v) is 5.34. The number of fused-ring (bicyclic) bond motifs is 1.